The minimum absolute atomic E-state index is 0.181. The lowest BCUT2D eigenvalue weighted by molar-refractivity contribution is -0.139. The van der Waals surface area contributed by atoms with E-state index in [4.69, 9.17) is 9.47 Å². The minimum atomic E-state index is -0.777. The van der Waals surface area contributed by atoms with Crippen molar-refractivity contribution in [3.63, 3.8) is 0 Å². The van der Waals surface area contributed by atoms with Gasteiger partial charge in [0.15, 0.2) is 4.80 Å². The second-order valence-electron chi connectivity index (χ2n) is 7.53. The third-order valence-electron chi connectivity index (χ3n) is 5.23. The Labute approximate surface area is 199 Å². The van der Waals surface area contributed by atoms with Gasteiger partial charge in [-0.2, -0.15) is 0 Å². The number of hydrogen-bond donors (Lipinski definition) is 0. The zero-order valence-corrected chi connectivity index (χ0v) is 19.6. The number of hydrogen-bond acceptors (Lipinski definition) is 6. The summed E-state index contributed by atoms with van der Waals surface area (Å²) in [5, 5.41) is 0. The van der Waals surface area contributed by atoms with Crippen LogP contribution in [0.5, 0.6) is 5.75 Å². The van der Waals surface area contributed by atoms with E-state index in [0.717, 1.165) is 5.56 Å². The van der Waals surface area contributed by atoms with Gasteiger partial charge in [-0.05, 0) is 55.3 Å². The highest BCUT2D eigenvalue weighted by molar-refractivity contribution is 7.07. The molecule has 1 aromatic heterocycles. The van der Waals surface area contributed by atoms with Crippen LogP contribution in [-0.2, 0) is 9.53 Å². The predicted octanol–water partition coefficient (Wildman–Crippen LogP) is 3.50. The van der Waals surface area contributed by atoms with Crippen molar-refractivity contribution in [1.82, 2.24) is 4.57 Å². The minimum Gasteiger partial charge on any atom is -0.490 e. The average molecular weight is 479 g/mol. The SMILES string of the molecule is C=CCOc1cccc(/C=c2\sc3n(c2=O)[C@H](c2ccc(F)cc2)C(C(=O)OCC)=C(C)N=3)c1. The van der Waals surface area contributed by atoms with Gasteiger partial charge in [0, 0.05) is 0 Å². The van der Waals surface area contributed by atoms with E-state index in [0.29, 0.717) is 33.0 Å². The van der Waals surface area contributed by atoms with E-state index < -0.39 is 17.8 Å². The molecular weight excluding hydrogens is 455 g/mol. The van der Waals surface area contributed by atoms with E-state index in [1.165, 1.54) is 28.0 Å². The molecule has 3 aromatic rings. The first-order chi connectivity index (χ1) is 16.4. The maximum atomic E-state index is 13.6. The van der Waals surface area contributed by atoms with Crippen molar-refractivity contribution in [3.05, 3.63) is 109 Å². The average Bonchev–Trinajstić information content (AvgIpc) is 3.12. The Morgan fingerprint density at radius 1 is 1.26 bits per heavy atom. The highest BCUT2D eigenvalue weighted by Crippen LogP contribution is 2.30. The number of allylic oxidation sites excluding steroid dienone is 1. The number of carbonyl (C=O) groups excluding carboxylic acids is 1. The second-order valence-corrected chi connectivity index (χ2v) is 8.54. The standard InChI is InChI=1S/C26H23FN2O4S/c1-4-13-33-20-8-6-7-17(14-20)15-21-24(30)29-23(18-9-11-19(27)12-10-18)22(25(31)32-5-2)16(3)28-26(29)34-21/h4,6-12,14-15,23H,1,5,13H2,2-3H3/b21-15-/t23-/m1/s1. The monoisotopic (exact) mass is 478 g/mol. The van der Waals surface area contributed by atoms with Crippen molar-refractivity contribution in [2.75, 3.05) is 13.2 Å². The molecule has 0 N–H and O–H groups in total. The van der Waals surface area contributed by atoms with Crippen molar-refractivity contribution < 1.29 is 18.7 Å². The number of nitrogens with zero attached hydrogens (tertiary/aromatic N) is 2. The predicted molar refractivity (Wildman–Crippen MR) is 129 cm³/mol. The van der Waals surface area contributed by atoms with Crippen LogP contribution in [0.1, 0.15) is 31.0 Å². The fourth-order valence-corrected chi connectivity index (χ4v) is 4.80. The maximum Gasteiger partial charge on any atom is 0.338 e. The zero-order valence-electron chi connectivity index (χ0n) is 18.8. The van der Waals surface area contributed by atoms with E-state index in [2.05, 4.69) is 11.6 Å². The molecule has 0 radical (unpaired) electrons. The number of carbonyl (C=O) groups is 1. The number of thiazole rings is 1. The highest BCUT2D eigenvalue weighted by atomic mass is 32.1. The van der Waals surface area contributed by atoms with Gasteiger partial charge in [0.2, 0.25) is 0 Å². The number of ether oxygens (including phenoxy) is 2. The fourth-order valence-electron chi connectivity index (χ4n) is 3.75. The van der Waals surface area contributed by atoms with Gasteiger partial charge < -0.3 is 9.47 Å². The molecule has 2 aromatic carbocycles. The van der Waals surface area contributed by atoms with Crippen molar-refractivity contribution in [3.8, 4) is 5.75 Å². The van der Waals surface area contributed by atoms with Crippen LogP contribution in [0.4, 0.5) is 4.39 Å². The first kappa shape index (κ1) is 23.4. The second kappa shape index (κ2) is 10.0. The molecule has 4 rings (SSSR count). The van der Waals surface area contributed by atoms with Gasteiger partial charge in [-0.25, -0.2) is 14.2 Å². The number of fused-ring (bicyclic) bond motifs is 1. The van der Waals surface area contributed by atoms with Gasteiger partial charge in [0.25, 0.3) is 5.56 Å². The van der Waals surface area contributed by atoms with Crippen molar-refractivity contribution in [2.24, 2.45) is 4.99 Å². The van der Waals surface area contributed by atoms with Crippen LogP contribution in [0.25, 0.3) is 6.08 Å². The summed E-state index contributed by atoms with van der Waals surface area (Å²) < 4.78 is 26.4. The maximum absolute atomic E-state index is 13.6. The normalized spacial score (nSPS) is 15.5. The molecule has 2 heterocycles. The molecule has 34 heavy (non-hydrogen) atoms. The lowest BCUT2D eigenvalue weighted by Crippen LogP contribution is -2.39. The summed E-state index contributed by atoms with van der Waals surface area (Å²) in [5.74, 6) is -0.307. The summed E-state index contributed by atoms with van der Waals surface area (Å²) in [6.45, 7) is 7.62. The molecule has 0 saturated carbocycles. The van der Waals surface area contributed by atoms with Gasteiger partial charge in [0.1, 0.15) is 18.2 Å². The molecule has 0 aliphatic carbocycles. The molecule has 1 aliphatic heterocycles. The molecule has 8 heteroatoms. The molecule has 1 aliphatic rings. The van der Waals surface area contributed by atoms with E-state index >= 15 is 0 Å². The van der Waals surface area contributed by atoms with Gasteiger partial charge in [-0.1, -0.05) is 48.3 Å². The Morgan fingerprint density at radius 3 is 2.74 bits per heavy atom. The fraction of sp³-hybridized carbons (Fsp3) is 0.192. The van der Waals surface area contributed by atoms with Gasteiger partial charge in [-0.15, -0.1) is 0 Å². The molecule has 1 atom stereocenters. The first-order valence-electron chi connectivity index (χ1n) is 10.7. The van der Waals surface area contributed by atoms with Crippen LogP contribution < -0.4 is 19.6 Å². The molecule has 174 valence electrons. The van der Waals surface area contributed by atoms with Crippen molar-refractivity contribution >= 4 is 23.4 Å². The van der Waals surface area contributed by atoms with Crippen LogP contribution >= 0.6 is 11.3 Å². The summed E-state index contributed by atoms with van der Waals surface area (Å²) in [6.07, 6.45) is 3.42. The zero-order chi connectivity index (χ0) is 24.2. The topological polar surface area (TPSA) is 69.9 Å². The van der Waals surface area contributed by atoms with Crippen LogP contribution in [0.3, 0.4) is 0 Å². The summed E-state index contributed by atoms with van der Waals surface area (Å²) in [5.41, 5.74) is 1.79. The van der Waals surface area contributed by atoms with Crippen molar-refractivity contribution in [1.29, 1.82) is 0 Å². The first-order valence-corrected chi connectivity index (χ1v) is 11.5. The molecule has 0 amide bonds. The third kappa shape index (κ3) is 4.63. The summed E-state index contributed by atoms with van der Waals surface area (Å²) >= 11 is 1.22. The number of esters is 1. The van der Waals surface area contributed by atoms with Crippen LogP contribution in [0, 0.1) is 5.82 Å². The molecule has 6 nitrogen and oxygen atoms in total. The number of halogens is 1. The molecule has 0 unspecified atom stereocenters. The number of aromatic nitrogens is 1. The molecule has 0 bridgehead atoms. The quantitative estimate of drug-likeness (QED) is 0.385. The van der Waals surface area contributed by atoms with E-state index in [-0.39, 0.29) is 17.7 Å². The van der Waals surface area contributed by atoms with Crippen LogP contribution in [0.15, 0.2) is 82.2 Å². The lowest BCUT2D eigenvalue weighted by Gasteiger charge is -2.24. The lowest BCUT2D eigenvalue weighted by atomic mass is 9.96. The Kier molecular flexibility index (Phi) is 6.88. The van der Waals surface area contributed by atoms with Crippen LogP contribution in [0.2, 0.25) is 0 Å². The summed E-state index contributed by atoms with van der Waals surface area (Å²) in [4.78, 5) is 31.4. The van der Waals surface area contributed by atoms with Gasteiger partial charge in [-0.3, -0.25) is 9.36 Å². The van der Waals surface area contributed by atoms with Crippen LogP contribution in [-0.4, -0.2) is 23.8 Å². The molecule has 0 saturated heterocycles. The number of rotatable bonds is 7. The Morgan fingerprint density at radius 2 is 2.03 bits per heavy atom. The van der Waals surface area contributed by atoms with E-state index in [1.54, 1.807) is 38.1 Å². The smallest absolute Gasteiger partial charge is 0.338 e. The Hall–Kier alpha value is -3.78. The van der Waals surface area contributed by atoms with E-state index in [1.807, 2.05) is 24.3 Å². The van der Waals surface area contributed by atoms with E-state index in [9.17, 15) is 14.0 Å². The molecule has 0 fully saturated rings. The van der Waals surface area contributed by atoms with Crippen molar-refractivity contribution in [2.45, 2.75) is 19.9 Å². The molecule has 0 spiro atoms. The Balaban J connectivity index is 1.88. The largest absolute Gasteiger partial charge is 0.490 e. The number of benzene rings is 2. The summed E-state index contributed by atoms with van der Waals surface area (Å²) in [7, 11) is 0. The third-order valence-corrected chi connectivity index (χ3v) is 6.21. The molecular formula is C26H23FN2O4S. The Bertz CT molecular complexity index is 1450. The highest BCUT2D eigenvalue weighted by Gasteiger charge is 2.33. The van der Waals surface area contributed by atoms with Gasteiger partial charge >= 0.3 is 5.97 Å². The van der Waals surface area contributed by atoms with Gasteiger partial charge in [0.05, 0.1) is 28.5 Å². The summed E-state index contributed by atoms with van der Waals surface area (Å²) in [6, 6.07) is 12.3.